The van der Waals surface area contributed by atoms with E-state index in [9.17, 15) is 40.6 Å². The van der Waals surface area contributed by atoms with Crippen LogP contribution in [0.5, 0.6) is 5.75 Å². The second-order valence-electron chi connectivity index (χ2n) is 9.35. The minimum atomic E-state index is -5.37. The van der Waals surface area contributed by atoms with Crippen LogP contribution in [0.15, 0.2) is 47.6 Å². The molecule has 1 saturated carbocycles. The molecule has 0 heterocycles. The predicted octanol–water partition coefficient (Wildman–Crippen LogP) is 5.80. The van der Waals surface area contributed by atoms with Crippen LogP contribution >= 0.6 is 0 Å². The number of nitrogens with two attached hydrogens (primary N) is 1. The van der Waals surface area contributed by atoms with Gasteiger partial charge in [-0.15, -0.1) is 0 Å². The summed E-state index contributed by atoms with van der Waals surface area (Å²) in [6.07, 6.45) is -9.65. The predicted molar refractivity (Wildman–Crippen MR) is 132 cm³/mol. The van der Waals surface area contributed by atoms with E-state index < -0.39 is 57.9 Å². The monoisotopic (exact) mass is 577 g/mol. The molecule has 0 aromatic heterocycles. The number of alkyl halides is 6. The zero-order chi connectivity index (χ0) is 29.9. The van der Waals surface area contributed by atoms with Gasteiger partial charge < -0.3 is 20.3 Å². The van der Waals surface area contributed by atoms with Crippen LogP contribution in [0.3, 0.4) is 0 Å². The maximum absolute atomic E-state index is 14.0. The first-order chi connectivity index (χ1) is 18.5. The van der Waals surface area contributed by atoms with E-state index >= 15 is 0 Å². The Morgan fingerprint density at radius 3 is 2.30 bits per heavy atom. The molecule has 1 amide bonds. The van der Waals surface area contributed by atoms with E-state index in [1.54, 1.807) is 6.92 Å². The van der Waals surface area contributed by atoms with E-state index in [0.29, 0.717) is 18.9 Å². The Labute approximate surface area is 224 Å². The third-order valence-corrected chi connectivity index (χ3v) is 6.03. The zero-order valence-corrected chi connectivity index (χ0v) is 21.3. The Bertz CT molecular complexity index is 1260. The molecule has 3 rings (SSSR count). The third-order valence-electron chi connectivity index (χ3n) is 6.03. The highest BCUT2D eigenvalue weighted by atomic mass is 19.4. The Balaban J connectivity index is 1.95. The number of amides is 1. The number of rotatable bonds is 8. The first kappa shape index (κ1) is 30.9. The molecular formula is C26H26F7N3O4. The second-order valence-corrected chi connectivity index (χ2v) is 9.35. The van der Waals surface area contributed by atoms with Crippen molar-refractivity contribution in [1.29, 1.82) is 0 Å². The molecule has 1 fully saturated rings. The van der Waals surface area contributed by atoms with Crippen molar-refractivity contribution in [3.8, 4) is 5.75 Å². The Morgan fingerprint density at radius 1 is 1.15 bits per heavy atom. The topological polar surface area (TPSA) is 97.4 Å². The van der Waals surface area contributed by atoms with Crippen molar-refractivity contribution in [2.24, 2.45) is 10.7 Å². The van der Waals surface area contributed by atoms with E-state index in [1.165, 1.54) is 0 Å². The summed E-state index contributed by atoms with van der Waals surface area (Å²) >= 11 is 0. The van der Waals surface area contributed by atoms with E-state index in [1.807, 2.05) is 0 Å². The molecule has 2 aromatic carbocycles. The van der Waals surface area contributed by atoms with Crippen LogP contribution in [0.2, 0.25) is 0 Å². The lowest BCUT2D eigenvalue weighted by Gasteiger charge is -2.40. The molecule has 0 atom stereocenters. The highest BCUT2D eigenvalue weighted by molar-refractivity contribution is 6.11. The quantitative estimate of drug-likeness (QED) is 0.235. The molecule has 14 heteroatoms. The fourth-order valence-corrected chi connectivity index (χ4v) is 3.93. The van der Waals surface area contributed by atoms with Crippen LogP contribution in [-0.2, 0) is 17.1 Å². The van der Waals surface area contributed by atoms with Gasteiger partial charge in [-0.1, -0.05) is 0 Å². The van der Waals surface area contributed by atoms with Gasteiger partial charge in [-0.25, -0.2) is 9.18 Å². The first-order valence-electron chi connectivity index (χ1n) is 11.8. The number of allylic oxidation sites excluding steroid dienone is 1. The number of carbonyl (C=O) groups excluding carboxylic acids is 1. The summed E-state index contributed by atoms with van der Waals surface area (Å²) in [5, 5.41) is 9.73. The molecule has 0 radical (unpaired) electrons. The van der Waals surface area contributed by atoms with Crippen LogP contribution in [0.1, 0.15) is 36.5 Å². The molecule has 2 aromatic rings. The molecule has 0 saturated heterocycles. The van der Waals surface area contributed by atoms with E-state index in [4.69, 9.17) is 15.2 Å². The molecule has 0 aliphatic heterocycles. The Morgan fingerprint density at radius 2 is 1.77 bits per heavy atom. The van der Waals surface area contributed by atoms with Gasteiger partial charge in [0.15, 0.2) is 5.75 Å². The normalized spacial score (nSPS) is 19.9. The van der Waals surface area contributed by atoms with E-state index in [0.717, 1.165) is 48.6 Å². The molecule has 1 aliphatic rings. The fraction of sp³-hybridized carbons (Fsp3) is 0.385. The van der Waals surface area contributed by atoms with Crippen molar-refractivity contribution in [3.05, 3.63) is 65.1 Å². The van der Waals surface area contributed by atoms with Crippen LogP contribution in [0.25, 0.3) is 5.57 Å². The fourth-order valence-electron chi connectivity index (χ4n) is 3.93. The van der Waals surface area contributed by atoms with Gasteiger partial charge in [0, 0.05) is 49.1 Å². The molecule has 0 unspecified atom stereocenters. The minimum absolute atomic E-state index is 0.0243. The number of benzene rings is 2. The summed E-state index contributed by atoms with van der Waals surface area (Å²) < 4.78 is 106. The number of aliphatic hydroxyl groups is 1. The van der Waals surface area contributed by atoms with Gasteiger partial charge in [0.1, 0.15) is 5.82 Å². The van der Waals surface area contributed by atoms with E-state index in [2.05, 4.69) is 4.99 Å². The summed E-state index contributed by atoms with van der Waals surface area (Å²) in [5.41, 5.74) is 0.0648. The highest BCUT2D eigenvalue weighted by Crippen LogP contribution is 2.44. The van der Waals surface area contributed by atoms with Crippen LogP contribution in [-0.4, -0.2) is 49.3 Å². The first-order valence-corrected chi connectivity index (χ1v) is 11.8. The molecule has 218 valence electrons. The van der Waals surface area contributed by atoms with Crippen LogP contribution < -0.4 is 15.4 Å². The smallest absolute Gasteiger partial charge is 0.409 e. The van der Waals surface area contributed by atoms with Crippen molar-refractivity contribution < 1.29 is 50.1 Å². The second kappa shape index (κ2) is 11.8. The van der Waals surface area contributed by atoms with Gasteiger partial charge in [0.25, 0.3) is 0 Å². The van der Waals surface area contributed by atoms with Crippen molar-refractivity contribution in [2.75, 3.05) is 25.1 Å². The van der Waals surface area contributed by atoms with Crippen LogP contribution in [0.4, 0.5) is 41.2 Å². The van der Waals surface area contributed by atoms with Gasteiger partial charge >= 0.3 is 18.4 Å². The van der Waals surface area contributed by atoms with Crippen molar-refractivity contribution >= 4 is 23.6 Å². The maximum Gasteiger partial charge on any atom is 0.420 e. The van der Waals surface area contributed by atoms with Crippen molar-refractivity contribution in [2.45, 2.75) is 43.8 Å². The zero-order valence-electron chi connectivity index (χ0n) is 21.3. The average molecular weight is 577 g/mol. The number of hydrogen-bond acceptors (Lipinski definition) is 6. The minimum Gasteiger partial charge on any atom is -0.409 e. The highest BCUT2D eigenvalue weighted by Gasteiger charge is 2.42. The van der Waals surface area contributed by atoms with Crippen LogP contribution in [0, 0.1) is 5.82 Å². The largest absolute Gasteiger partial charge is 0.420 e. The molecule has 3 N–H and O–H groups in total. The summed E-state index contributed by atoms with van der Waals surface area (Å²) in [5.74, 6) is -1.87. The standard InChI is InChI=1S/C26H26F7N3O4/c1-24(38)11-19(12-24)39-8-7-35-14-15(13-34)20-9-16(25(28,29)30)10-21(26(31,32)33)22(20)40-23(37)36(2)18-5-3-17(27)4-6-18/h3-6,9-10,13-14,19,38H,7-8,11-12,34H2,1-2H3/b15-13+,35-14?. The van der Waals surface area contributed by atoms with Gasteiger partial charge in [-0.2, -0.15) is 26.3 Å². The maximum atomic E-state index is 14.0. The molecule has 1 aliphatic carbocycles. The Kier molecular flexibility index (Phi) is 9.14. The molecule has 0 bridgehead atoms. The molecular weight excluding hydrogens is 551 g/mol. The number of aliphatic imine (C=N–C) groups is 1. The van der Waals surface area contributed by atoms with Gasteiger partial charge in [0.05, 0.1) is 36.0 Å². The molecule has 40 heavy (non-hydrogen) atoms. The SMILES string of the molecule is CN(C(=O)Oc1c(/C(C=NCCOC2CC(C)(O)C2)=C/N)cc(C(F)(F)F)cc1C(F)(F)F)c1ccc(F)cc1. The summed E-state index contributed by atoms with van der Waals surface area (Å²) in [6.45, 7) is 1.69. The molecule has 7 nitrogen and oxygen atoms in total. The summed E-state index contributed by atoms with van der Waals surface area (Å²) in [4.78, 5) is 17.5. The lowest BCUT2D eigenvalue weighted by Crippen LogP contribution is -2.46. The van der Waals surface area contributed by atoms with Gasteiger partial charge in [0.2, 0.25) is 0 Å². The lowest BCUT2D eigenvalue weighted by atomic mass is 9.79. The number of ether oxygens (including phenoxy) is 2. The van der Waals surface area contributed by atoms with Crippen molar-refractivity contribution in [3.63, 3.8) is 0 Å². The summed E-state index contributed by atoms with van der Waals surface area (Å²) in [6, 6.07) is 4.49. The van der Waals surface area contributed by atoms with Gasteiger partial charge in [-0.05, 0) is 43.3 Å². The number of nitrogens with zero attached hydrogens (tertiary/aromatic N) is 2. The van der Waals surface area contributed by atoms with Gasteiger partial charge in [-0.3, -0.25) is 9.89 Å². The third kappa shape index (κ3) is 7.72. The number of carbonyl (C=O) groups is 1. The molecule has 0 spiro atoms. The average Bonchev–Trinajstić information content (AvgIpc) is 2.84. The van der Waals surface area contributed by atoms with Crippen molar-refractivity contribution in [1.82, 2.24) is 0 Å². The number of hydrogen-bond donors (Lipinski definition) is 2. The number of halogens is 7. The lowest BCUT2D eigenvalue weighted by molar-refractivity contribution is -0.143. The number of anilines is 1. The summed E-state index contributed by atoms with van der Waals surface area (Å²) in [7, 11) is 1.12. The van der Waals surface area contributed by atoms with E-state index in [-0.39, 0.29) is 31.0 Å². The Hall–Kier alpha value is -3.65.